The highest BCUT2D eigenvalue weighted by molar-refractivity contribution is 5.51. The summed E-state index contributed by atoms with van der Waals surface area (Å²) in [6.45, 7) is 1.59. The molecule has 0 aliphatic heterocycles. The third-order valence-corrected chi connectivity index (χ3v) is 2.45. The number of hydrogen-bond acceptors (Lipinski definition) is 2. The summed E-state index contributed by atoms with van der Waals surface area (Å²) in [5, 5.41) is 0. The first-order chi connectivity index (χ1) is 8.49. The molecule has 0 aromatic heterocycles. The number of halogens is 3. The van der Waals surface area contributed by atoms with Gasteiger partial charge in [-0.3, -0.25) is 0 Å². The molecule has 2 N–H and O–H groups in total. The topological polar surface area (TPSA) is 35.2 Å². The fourth-order valence-corrected chi connectivity index (χ4v) is 1.47. The lowest BCUT2D eigenvalue weighted by Crippen LogP contribution is -1.97. The van der Waals surface area contributed by atoms with E-state index in [0.717, 1.165) is 12.1 Å². The first kappa shape index (κ1) is 12.3. The zero-order valence-corrected chi connectivity index (χ0v) is 9.51. The molecule has 2 rings (SSSR count). The minimum atomic E-state index is -1.12. The fraction of sp³-hybridized carbons (Fsp3) is 0.0769. The van der Waals surface area contributed by atoms with Crippen LogP contribution in [-0.4, -0.2) is 0 Å². The van der Waals surface area contributed by atoms with Crippen molar-refractivity contribution in [3.8, 4) is 11.5 Å². The Morgan fingerprint density at radius 2 is 1.78 bits per heavy atom. The summed E-state index contributed by atoms with van der Waals surface area (Å²) in [5.41, 5.74) is 5.90. The van der Waals surface area contributed by atoms with Crippen molar-refractivity contribution in [1.82, 2.24) is 0 Å². The van der Waals surface area contributed by atoms with Gasteiger partial charge in [0.05, 0.1) is 5.69 Å². The first-order valence-electron chi connectivity index (χ1n) is 5.16. The second-order valence-corrected chi connectivity index (χ2v) is 3.79. The Labute approximate surface area is 102 Å². The molecule has 0 heterocycles. The molecule has 2 aromatic carbocycles. The second-order valence-electron chi connectivity index (χ2n) is 3.79. The molecule has 0 aliphatic carbocycles. The van der Waals surface area contributed by atoms with Crippen molar-refractivity contribution < 1.29 is 17.9 Å². The monoisotopic (exact) mass is 253 g/mol. The number of nitrogens with two attached hydrogens (primary N) is 1. The van der Waals surface area contributed by atoms with E-state index < -0.39 is 17.5 Å². The maximum absolute atomic E-state index is 13.3. The number of benzene rings is 2. The Morgan fingerprint density at radius 3 is 2.44 bits per heavy atom. The summed E-state index contributed by atoms with van der Waals surface area (Å²) < 4.78 is 44.8. The molecule has 0 spiro atoms. The van der Waals surface area contributed by atoms with Crippen molar-refractivity contribution in [2.75, 3.05) is 5.73 Å². The van der Waals surface area contributed by atoms with E-state index in [1.165, 1.54) is 18.2 Å². The van der Waals surface area contributed by atoms with Crippen LogP contribution in [0.2, 0.25) is 0 Å². The van der Waals surface area contributed by atoms with Crippen molar-refractivity contribution in [1.29, 1.82) is 0 Å². The highest BCUT2D eigenvalue weighted by Crippen LogP contribution is 2.29. The Hall–Kier alpha value is -2.17. The van der Waals surface area contributed by atoms with Gasteiger partial charge in [0.2, 0.25) is 5.82 Å². The smallest absolute Gasteiger partial charge is 0.201 e. The Kier molecular flexibility index (Phi) is 3.14. The van der Waals surface area contributed by atoms with Crippen LogP contribution in [0.1, 0.15) is 5.56 Å². The van der Waals surface area contributed by atoms with Crippen molar-refractivity contribution in [3.63, 3.8) is 0 Å². The number of rotatable bonds is 2. The summed E-state index contributed by atoms with van der Waals surface area (Å²) in [6, 6.07) is 5.99. The lowest BCUT2D eigenvalue weighted by Gasteiger charge is -2.09. The van der Waals surface area contributed by atoms with E-state index in [0.29, 0.717) is 5.56 Å². The summed E-state index contributed by atoms with van der Waals surface area (Å²) in [7, 11) is 0. The van der Waals surface area contributed by atoms with Crippen LogP contribution in [0.5, 0.6) is 11.5 Å². The van der Waals surface area contributed by atoms with Gasteiger partial charge < -0.3 is 10.5 Å². The van der Waals surface area contributed by atoms with Crippen molar-refractivity contribution >= 4 is 5.69 Å². The van der Waals surface area contributed by atoms with Gasteiger partial charge in [-0.05, 0) is 30.7 Å². The fourth-order valence-electron chi connectivity index (χ4n) is 1.47. The minimum absolute atomic E-state index is 0.00191. The van der Waals surface area contributed by atoms with E-state index in [1.807, 2.05) is 0 Å². The van der Waals surface area contributed by atoms with E-state index in [-0.39, 0.29) is 17.2 Å². The predicted molar refractivity (Wildman–Crippen MR) is 62.0 cm³/mol. The number of ether oxygens (including phenoxy) is 1. The molecule has 0 bridgehead atoms. The molecule has 2 aromatic rings. The SMILES string of the molecule is Cc1cc(Oc2cccc(F)c2F)cc(F)c1N. The third kappa shape index (κ3) is 2.25. The van der Waals surface area contributed by atoms with Crippen LogP contribution in [0.4, 0.5) is 18.9 Å². The molecule has 94 valence electrons. The van der Waals surface area contributed by atoms with Crippen molar-refractivity contribution in [2.45, 2.75) is 6.92 Å². The molecule has 0 radical (unpaired) electrons. The number of nitrogen functional groups attached to an aromatic ring is 1. The van der Waals surface area contributed by atoms with Gasteiger partial charge in [0, 0.05) is 6.07 Å². The number of aryl methyl sites for hydroxylation is 1. The van der Waals surface area contributed by atoms with Gasteiger partial charge in [0.15, 0.2) is 11.6 Å². The summed E-state index contributed by atoms with van der Waals surface area (Å²) in [6.07, 6.45) is 0. The highest BCUT2D eigenvalue weighted by Gasteiger charge is 2.11. The molecular formula is C13H10F3NO. The van der Waals surface area contributed by atoms with Gasteiger partial charge in [-0.1, -0.05) is 6.07 Å². The van der Waals surface area contributed by atoms with E-state index in [1.54, 1.807) is 6.92 Å². The first-order valence-corrected chi connectivity index (χ1v) is 5.16. The molecule has 0 fully saturated rings. The predicted octanol–water partition coefficient (Wildman–Crippen LogP) is 3.79. The van der Waals surface area contributed by atoms with Crippen LogP contribution in [0, 0.1) is 24.4 Å². The lowest BCUT2D eigenvalue weighted by molar-refractivity contribution is 0.414. The average Bonchev–Trinajstić information content (AvgIpc) is 2.32. The van der Waals surface area contributed by atoms with Crippen LogP contribution in [0.25, 0.3) is 0 Å². The molecule has 0 atom stereocenters. The quantitative estimate of drug-likeness (QED) is 0.826. The highest BCUT2D eigenvalue weighted by atomic mass is 19.2. The summed E-state index contributed by atoms with van der Waals surface area (Å²) in [5.74, 6) is -3.06. The maximum atomic E-state index is 13.3. The van der Waals surface area contributed by atoms with Crippen LogP contribution >= 0.6 is 0 Å². The Morgan fingerprint density at radius 1 is 1.06 bits per heavy atom. The molecule has 2 nitrogen and oxygen atoms in total. The average molecular weight is 253 g/mol. The van der Waals surface area contributed by atoms with Gasteiger partial charge in [-0.2, -0.15) is 4.39 Å². The number of anilines is 1. The largest absolute Gasteiger partial charge is 0.454 e. The molecular weight excluding hydrogens is 243 g/mol. The third-order valence-electron chi connectivity index (χ3n) is 2.45. The van der Waals surface area contributed by atoms with E-state index in [9.17, 15) is 13.2 Å². The van der Waals surface area contributed by atoms with E-state index in [2.05, 4.69) is 0 Å². The minimum Gasteiger partial charge on any atom is -0.454 e. The summed E-state index contributed by atoms with van der Waals surface area (Å²) in [4.78, 5) is 0. The molecule has 18 heavy (non-hydrogen) atoms. The van der Waals surface area contributed by atoms with E-state index in [4.69, 9.17) is 10.5 Å². The van der Waals surface area contributed by atoms with Gasteiger partial charge >= 0.3 is 0 Å². The van der Waals surface area contributed by atoms with Gasteiger partial charge in [0.25, 0.3) is 0 Å². The van der Waals surface area contributed by atoms with Crippen LogP contribution < -0.4 is 10.5 Å². The normalized spacial score (nSPS) is 10.4. The standard InChI is InChI=1S/C13H10F3NO/c1-7-5-8(6-10(15)13(7)17)18-11-4-2-3-9(14)12(11)16/h2-6H,17H2,1H3. The zero-order valence-electron chi connectivity index (χ0n) is 9.51. The van der Waals surface area contributed by atoms with Crippen LogP contribution in [-0.2, 0) is 0 Å². The van der Waals surface area contributed by atoms with E-state index >= 15 is 0 Å². The van der Waals surface area contributed by atoms with Gasteiger partial charge in [-0.25, -0.2) is 8.78 Å². The molecule has 0 saturated heterocycles. The number of hydrogen-bond donors (Lipinski definition) is 1. The maximum Gasteiger partial charge on any atom is 0.201 e. The Balaban J connectivity index is 2.37. The molecule has 0 aliphatic rings. The second kappa shape index (κ2) is 4.60. The zero-order chi connectivity index (χ0) is 13.3. The molecule has 0 saturated carbocycles. The van der Waals surface area contributed by atoms with Crippen molar-refractivity contribution in [3.05, 3.63) is 53.3 Å². The molecule has 0 amide bonds. The Bertz CT molecular complexity index is 576. The summed E-state index contributed by atoms with van der Waals surface area (Å²) >= 11 is 0. The van der Waals surface area contributed by atoms with Gasteiger partial charge in [-0.15, -0.1) is 0 Å². The lowest BCUT2D eigenvalue weighted by atomic mass is 10.2. The van der Waals surface area contributed by atoms with Crippen LogP contribution in [0.3, 0.4) is 0 Å². The molecule has 0 unspecified atom stereocenters. The van der Waals surface area contributed by atoms with Crippen molar-refractivity contribution in [2.24, 2.45) is 0 Å². The van der Waals surface area contributed by atoms with Gasteiger partial charge in [0.1, 0.15) is 11.6 Å². The van der Waals surface area contributed by atoms with Crippen LogP contribution in [0.15, 0.2) is 30.3 Å². The molecule has 5 heteroatoms.